The highest BCUT2D eigenvalue weighted by molar-refractivity contribution is 5.95. The predicted octanol–water partition coefficient (Wildman–Crippen LogP) is 3.40. The van der Waals surface area contributed by atoms with Gasteiger partial charge in [0.1, 0.15) is 11.8 Å². The highest BCUT2D eigenvalue weighted by Gasteiger charge is 2.56. The number of ether oxygens (including phenoxy) is 1. The van der Waals surface area contributed by atoms with Gasteiger partial charge in [0.05, 0.1) is 17.1 Å². The zero-order valence-electron chi connectivity index (χ0n) is 19.3. The van der Waals surface area contributed by atoms with Crippen LogP contribution in [0.5, 0.6) is 5.75 Å². The summed E-state index contributed by atoms with van der Waals surface area (Å²) in [5.41, 5.74) is 1.31. The van der Waals surface area contributed by atoms with Gasteiger partial charge in [-0.15, -0.1) is 0 Å². The van der Waals surface area contributed by atoms with Crippen LogP contribution in [0.2, 0.25) is 0 Å². The molecule has 6 aliphatic rings. The van der Waals surface area contributed by atoms with Gasteiger partial charge in [0.2, 0.25) is 11.8 Å². The van der Waals surface area contributed by atoms with Crippen molar-refractivity contribution in [3.05, 3.63) is 23.8 Å². The van der Waals surface area contributed by atoms with Crippen molar-refractivity contribution in [2.24, 2.45) is 23.2 Å². The summed E-state index contributed by atoms with van der Waals surface area (Å²) in [6, 6.07) is 4.97. The minimum absolute atomic E-state index is 0.0217. The van der Waals surface area contributed by atoms with Crippen molar-refractivity contribution in [1.82, 2.24) is 10.2 Å². The van der Waals surface area contributed by atoms with E-state index in [-0.39, 0.29) is 41.8 Å². The molecule has 33 heavy (non-hydrogen) atoms. The van der Waals surface area contributed by atoms with Crippen LogP contribution in [0.25, 0.3) is 0 Å². The molecule has 4 saturated carbocycles. The number of hydrogen-bond acceptors (Lipinski definition) is 4. The van der Waals surface area contributed by atoms with Crippen molar-refractivity contribution in [3.8, 4) is 5.75 Å². The average molecular weight is 452 g/mol. The van der Waals surface area contributed by atoms with Gasteiger partial charge in [-0.05, 0) is 93.7 Å². The first kappa shape index (κ1) is 21.0. The summed E-state index contributed by atoms with van der Waals surface area (Å²) in [5, 5.41) is 5.95. The van der Waals surface area contributed by atoms with Crippen LogP contribution in [0.1, 0.15) is 69.9 Å². The number of carbonyl (C=O) groups excluding carboxylic acids is 3. The second kappa shape index (κ2) is 7.74. The number of nitrogens with one attached hydrogen (secondary N) is 2. The van der Waals surface area contributed by atoms with E-state index in [1.165, 1.54) is 19.3 Å². The standard InChI is InChI=1S/C26H33N3O4/c1-15(19-4-5-22-20(10-19)28-23(30)14-33-22)27-24(31)21-3-2-6-29(21)25(32)26-11-16-7-17(12-26)9-18(8-16)13-26/h4-5,10,15-18,21H,2-3,6-9,11-14H2,1H3,(H,27,31)(H,28,30). The van der Waals surface area contributed by atoms with Crippen LogP contribution in [0, 0.1) is 23.2 Å². The highest BCUT2D eigenvalue weighted by atomic mass is 16.5. The summed E-state index contributed by atoms with van der Waals surface area (Å²) in [6.45, 7) is 2.65. The van der Waals surface area contributed by atoms with E-state index in [2.05, 4.69) is 10.6 Å². The maximum absolute atomic E-state index is 13.9. The number of benzene rings is 1. The number of hydrogen-bond donors (Lipinski definition) is 2. The van der Waals surface area contributed by atoms with Crippen molar-refractivity contribution in [2.45, 2.75) is 70.4 Å². The Kier molecular flexibility index (Phi) is 4.93. The second-order valence-electron chi connectivity index (χ2n) is 11.2. The second-order valence-corrected chi connectivity index (χ2v) is 11.2. The largest absolute Gasteiger partial charge is 0.482 e. The average Bonchev–Trinajstić information content (AvgIpc) is 3.27. The fraction of sp³-hybridized carbons (Fsp3) is 0.654. The summed E-state index contributed by atoms with van der Waals surface area (Å²) in [5.74, 6) is 2.77. The van der Waals surface area contributed by atoms with Crippen molar-refractivity contribution in [3.63, 3.8) is 0 Å². The lowest BCUT2D eigenvalue weighted by molar-refractivity contribution is -0.160. The van der Waals surface area contributed by atoms with Crippen molar-refractivity contribution < 1.29 is 19.1 Å². The van der Waals surface area contributed by atoms with E-state index in [1.54, 1.807) is 0 Å². The molecule has 7 nitrogen and oxygen atoms in total. The van der Waals surface area contributed by atoms with Gasteiger partial charge >= 0.3 is 0 Å². The van der Waals surface area contributed by atoms with E-state index in [1.807, 2.05) is 30.0 Å². The van der Waals surface area contributed by atoms with Crippen molar-refractivity contribution in [1.29, 1.82) is 0 Å². The molecule has 7 heteroatoms. The van der Waals surface area contributed by atoms with Gasteiger partial charge in [-0.2, -0.15) is 0 Å². The molecule has 1 aromatic rings. The molecule has 1 aromatic carbocycles. The SMILES string of the molecule is CC(NC(=O)C1CCCN1C(=O)C12CC3CC(CC(C3)C1)C2)c1ccc2c(c1)NC(=O)CO2. The lowest BCUT2D eigenvalue weighted by Crippen LogP contribution is -2.57. The van der Waals surface area contributed by atoms with Gasteiger partial charge in [-0.3, -0.25) is 14.4 Å². The Hall–Kier alpha value is -2.57. The molecule has 4 bridgehead atoms. The molecule has 1 saturated heterocycles. The number of fused-ring (bicyclic) bond motifs is 1. The maximum Gasteiger partial charge on any atom is 0.262 e. The zero-order valence-corrected chi connectivity index (χ0v) is 19.3. The fourth-order valence-corrected chi connectivity index (χ4v) is 7.72. The van der Waals surface area contributed by atoms with Crippen LogP contribution in [0.4, 0.5) is 5.69 Å². The van der Waals surface area contributed by atoms with Crippen LogP contribution in [0.3, 0.4) is 0 Å². The maximum atomic E-state index is 13.9. The Morgan fingerprint density at radius 2 is 1.85 bits per heavy atom. The fourth-order valence-electron chi connectivity index (χ4n) is 7.72. The zero-order chi connectivity index (χ0) is 22.7. The Bertz CT molecular complexity index is 970. The molecule has 2 atom stereocenters. The number of rotatable bonds is 4. The summed E-state index contributed by atoms with van der Waals surface area (Å²) in [4.78, 5) is 40.7. The predicted molar refractivity (Wildman–Crippen MR) is 122 cm³/mol. The molecule has 5 fully saturated rings. The number of nitrogens with zero attached hydrogens (tertiary/aromatic N) is 1. The monoisotopic (exact) mass is 451 g/mol. The number of likely N-dealkylation sites (tertiary alicyclic amines) is 1. The Morgan fingerprint density at radius 1 is 1.15 bits per heavy atom. The van der Waals surface area contributed by atoms with E-state index in [4.69, 9.17) is 4.74 Å². The first-order chi connectivity index (χ1) is 15.9. The van der Waals surface area contributed by atoms with E-state index in [9.17, 15) is 14.4 Å². The van der Waals surface area contributed by atoms with E-state index < -0.39 is 0 Å². The summed E-state index contributed by atoms with van der Waals surface area (Å²) in [6.07, 6.45) is 8.62. The highest BCUT2D eigenvalue weighted by Crippen LogP contribution is 2.60. The molecular formula is C26H33N3O4. The normalized spacial score (nSPS) is 34.9. The Balaban J connectivity index is 1.15. The topological polar surface area (TPSA) is 87.7 Å². The molecule has 7 rings (SSSR count). The molecule has 2 aliphatic heterocycles. The molecule has 4 aliphatic carbocycles. The third-order valence-corrected chi connectivity index (χ3v) is 8.80. The van der Waals surface area contributed by atoms with Crippen molar-refractivity contribution in [2.75, 3.05) is 18.5 Å². The summed E-state index contributed by atoms with van der Waals surface area (Å²) < 4.78 is 5.43. The van der Waals surface area contributed by atoms with Gasteiger partial charge in [0.15, 0.2) is 6.61 Å². The van der Waals surface area contributed by atoms with Gasteiger partial charge < -0.3 is 20.3 Å². The molecule has 3 amide bonds. The van der Waals surface area contributed by atoms with Gasteiger partial charge in [0, 0.05) is 6.54 Å². The summed E-state index contributed by atoms with van der Waals surface area (Å²) in [7, 11) is 0. The minimum atomic E-state index is -0.381. The Morgan fingerprint density at radius 3 is 2.55 bits per heavy atom. The van der Waals surface area contributed by atoms with Crippen LogP contribution in [-0.4, -0.2) is 41.8 Å². The van der Waals surface area contributed by atoms with Gasteiger partial charge in [0.25, 0.3) is 5.91 Å². The van der Waals surface area contributed by atoms with E-state index in [0.717, 1.165) is 37.7 Å². The molecular weight excluding hydrogens is 418 g/mol. The molecule has 2 N–H and O–H groups in total. The van der Waals surface area contributed by atoms with Gasteiger partial charge in [-0.1, -0.05) is 6.07 Å². The lowest BCUT2D eigenvalue weighted by Gasteiger charge is -2.56. The number of carbonyl (C=O) groups is 3. The van der Waals surface area contributed by atoms with Gasteiger partial charge in [-0.25, -0.2) is 0 Å². The van der Waals surface area contributed by atoms with Crippen LogP contribution >= 0.6 is 0 Å². The first-order valence-electron chi connectivity index (χ1n) is 12.6. The Labute approximate surface area is 194 Å². The molecule has 0 aromatic heterocycles. The lowest BCUT2D eigenvalue weighted by atomic mass is 9.49. The molecule has 176 valence electrons. The van der Waals surface area contributed by atoms with Crippen LogP contribution in [-0.2, 0) is 14.4 Å². The molecule has 2 heterocycles. The van der Waals surface area contributed by atoms with Crippen LogP contribution in [0.15, 0.2) is 18.2 Å². The van der Waals surface area contributed by atoms with E-state index in [0.29, 0.717) is 35.7 Å². The smallest absolute Gasteiger partial charge is 0.262 e. The van der Waals surface area contributed by atoms with E-state index >= 15 is 0 Å². The molecule has 0 radical (unpaired) electrons. The van der Waals surface area contributed by atoms with Crippen LogP contribution < -0.4 is 15.4 Å². The minimum Gasteiger partial charge on any atom is -0.482 e. The van der Waals surface area contributed by atoms with Crippen molar-refractivity contribution >= 4 is 23.4 Å². The third-order valence-electron chi connectivity index (χ3n) is 8.80. The number of amides is 3. The molecule has 2 unspecified atom stereocenters. The summed E-state index contributed by atoms with van der Waals surface area (Å²) >= 11 is 0. The quantitative estimate of drug-likeness (QED) is 0.735. The third kappa shape index (κ3) is 3.60. The number of anilines is 1. The first-order valence-corrected chi connectivity index (χ1v) is 12.6. The molecule has 0 spiro atoms.